The first-order valence-electron chi connectivity index (χ1n) is 8.45. The fourth-order valence-corrected chi connectivity index (χ4v) is 3.78. The SMILES string of the molecule is CN1C(=O)CN(S(C)(=O)=O)C[C@]1(C)C(=O)NCC(=O)NCc1ccccc1Cl. The molecule has 0 aliphatic carbocycles. The molecule has 0 aromatic heterocycles. The van der Waals surface area contributed by atoms with Crippen LogP contribution >= 0.6 is 11.6 Å². The molecule has 1 atom stereocenters. The number of rotatable bonds is 6. The van der Waals surface area contributed by atoms with Crippen molar-refractivity contribution in [2.24, 2.45) is 0 Å². The molecule has 9 nitrogen and oxygen atoms in total. The van der Waals surface area contributed by atoms with E-state index < -0.39 is 33.3 Å². The summed E-state index contributed by atoms with van der Waals surface area (Å²) in [7, 11) is -2.22. The van der Waals surface area contributed by atoms with Gasteiger partial charge in [0.05, 0.1) is 19.3 Å². The highest BCUT2D eigenvalue weighted by Gasteiger charge is 2.47. The number of piperazine rings is 1. The largest absolute Gasteiger partial charge is 0.350 e. The molecule has 0 radical (unpaired) electrons. The zero-order valence-corrected chi connectivity index (χ0v) is 17.4. The molecular weight excluding hydrogens is 408 g/mol. The van der Waals surface area contributed by atoms with Crippen LogP contribution < -0.4 is 10.6 Å². The Morgan fingerprint density at radius 3 is 2.50 bits per heavy atom. The number of carbonyl (C=O) groups excluding carboxylic acids is 3. The van der Waals surface area contributed by atoms with Crippen LogP contribution in [0.5, 0.6) is 0 Å². The highest BCUT2D eigenvalue weighted by atomic mass is 35.5. The minimum absolute atomic E-state index is 0.193. The fraction of sp³-hybridized carbons (Fsp3) is 0.471. The van der Waals surface area contributed by atoms with Crippen LogP contribution in [0.2, 0.25) is 5.02 Å². The van der Waals surface area contributed by atoms with E-state index in [-0.39, 0.29) is 26.2 Å². The molecule has 11 heteroatoms. The van der Waals surface area contributed by atoms with Gasteiger partial charge in [0.25, 0.3) is 0 Å². The number of nitrogens with zero attached hydrogens (tertiary/aromatic N) is 2. The molecular formula is C17H23ClN4O5S. The molecule has 28 heavy (non-hydrogen) atoms. The number of hydrogen-bond donors (Lipinski definition) is 2. The highest BCUT2D eigenvalue weighted by Crippen LogP contribution is 2.22. The third-order valence-electron chi connectivity index (χ3n) is 4.71. The predicted molar refractivity (Wildman–Crippen MR) is 104 cm³/mol. The summed E-state index contributed by atoms with van der Waals surface area (Å²) in [5.41, 5.74) is -0.696. The Balaban J connectivity index is 1.97. The van der Waals surface area contributed by atoms with Crippen LogP contribution in [0.25, 0.3) is 0 Å². The Morgan fingerprint density at radius 2 is 1.89 bits per heavy atom. The fourth-order valence-electron chi connectivity index (χ4n) is 2.75. The standard InChI is InChI=1S/C17H23ClN4O5S/c1-17(11-22(28(3,26)27)10-15(24)21(17)2)16(25)20-9-14(23)19-8-12-6-4-5-7-13(12)18/h4-7H,8-11H2,1-3H3,(H,19,23)(H,20,25)/t17-/m1/s1. The van der Waals surface area contributed by atoms with Crippen LogP contribution in [-0.2, 0) is 31.0 Å². The molecule has 2 N–H and O–H groups in total. The molecule has 1 aliphatic heterocycles. The number of likely N-dealkylation sites (N-methyl/N-ethyl adjacent to an activating group) is 1. The first-order valence-corrected chi connectivity index (χ1v) is 10.7. The van der Waals surface area contributed by atoms with Crippen molar-refractivity contribution < 1.29 is 22.8 Å². The van der Waals surface area contributed by atoms with E-state index in [1.165, 1.54) is 18.9 Å². The Labute approximate surface area is 169 Å². The van der Waals surface area contributed by atoms with E-state index in [2.05, 4.69) is 10.6 Å². The Bertz CT molecular complexity index is 891. The van der Waals surface area contributed by atoms with E-state index in [0.717, 1.165) is 16.1 Å². The van der Waals surface area contributed by atoms with Crippen molar-refractivity contribution in [2.45, 2.75) is 19.0 Å². The van der Waals surface area contributed by atoms with Crippen molar-refractivity contribution in [3.63, 3.8) is 0 Å². The summed E-state index contributed by atoms with van der Waals surface area (Å²) in [6.45, 7) is 0.822. The maximum Gasteiger partial charge on any atom is 0.247 e. The van der Waals surface area contributed by atoms with Gasteiger partial charge in [-0.25, -0.2) is 8.42 Å². The lowest BCUT2D eigenvalue weighted by Crippen LogP contribution is -2.68. The molecule has 2 rings (SSSR count). The third-order valence-corrected chi connectivity index (χ3v) is 6.28. The smallest absolute Gasteiger partial charge is 0.247 e. The van der Waals surface area contributed by atoms with Gasteiger partial charge in [0.15, 0.2) is 0 Å². The second kappa shape index (κ2) is 8.46. The van der Waals surface area contributed by atoms with Crippen molar-refractivity contribution in [2.75, 3.05) is 32.9 Å². The zero-order chi connectivity index (χ0) is 21.1. The van der Waals surface area contributed by atoms with Crippen LogP contribution in [0.3, 0.4) is 0 Å². The van der Waals surface area contributed by atoms with Crippen LogP contribution in [0.15, 0.2) is 24.3 Å². The van der Waals surface area contributed by atoms with Crippen molar-refractivity contribution in [1.29, 1.82) is 0 Å². The van der Waals surface area contributed by atoms with Gasteiger partial charge in [-0.3, -0.25) is 14.4 Å². The van der Waals surface area contributed by atoms with Gasteiger partial charge in [-0.2, -0.15) is 4.31 Å². The first kappa shape index (κ1) is 22.1. The second-order valence-electron chi connectivity index (χ2n) is 6.81. The van der Waals surface area contributed by atoms with Gasteiger partial charge in [-0.15, -0.1) is 0 Å². The van der Waals surface area contributed by atoms with E-state index in [1.807, 2.05) is 0 Å². The van der Waals surface area contributed by atoms with Crippen molar-refractivity contribution in [1.82, 2.24) is 19.8 Å². The topological polar surface area (TPSA) is 116 Å². The number of carbonyl (C=O) groups is 3. The van der Waals surface area contributed by atoms with Gasteiger partial charge in [-0.05, 0) is 18.6 Å². The number of benzene rings is 1. The third kappa shape index (κ3) is 5.00. The van der Waals surface area contributed by atoms with Gasteiger partial charge in [0.2, 0.25) is 27.7 Å². The predicted octanol–water partition coefficient (Wildman–Crippen LogP) is -0.435. The summed E-state index contributed by atoms with van der Waals surface area (Å²) in [4.78, 5) is 38.0. The Kier molecular flexibility index (Phi) is 6.68. The summed E-state index contributed by atoms with van der Waals surface area (Å²) >= 11 is 6.02. The number of halogens is 1. The maximum absolute atomic E-state index is 12.7. The molecule has 0 saturated carbocycles. The molecule has 0 bridgehead atoms. The van der Waals surface area contributed by atoms with Crippen LogP contribution in [-0.4, -0.2) is 73.8 Å². The highest BCUT2D eigenvalue weighted by molar-refractivity contribution is 7.88. The van der Waals surface area contributed by atoms with Crippen molar-refractivity contribution >= 4 is 39.3 Å². The molecule has 1 heterocycles. The molecule has 0 spiro atoms. The van der Waals surface area contributed by atoms with Gasteiger partial charge in [0.1, 0.15) is 5.54 Å². The summed E-state index contributed by atoms with van der Waals surface area (Å²) in [6.07, 6.45) is 0.978. The normalized spacial score (nSPS) is 20.7. The van der Waals surface area contributed by atoms with Crippen LogP contribution in [0.1, 0.15) is 12.5 Å². The number of amides is 3. The van der Waals surface area contributed by atoms with Gasteiger partial charge >= 0.3 is 0 Å². The van der Waals surface area contributed by atoms with E-state index in [9.17, 15) is 22.8 Å². The average molecular weight is 431 g/mol. The quantitative estimate of drug-likeness (QED) is 0.635. The maximum atomic E-state index is 12.7. The Morgan fingerprint density at radius 1 is 1.25 bits per heavy atom. The monoisotopic (exact) mass is 430 g/mol. The molecule has 1 fully saturated rings. The van der Waals surface area contributed by atoms with Gasteiger partial charge < -0.3 is 15.5 Å². The number of sulfonamides is 1. The van der Waals surface area contributed by atoms with Gasteiger partial charge in [0, 0.05) is 25.2 Å². The lowest BCUT2D eigenvalue weighted by atomic mass is 9.96. The summed E-state index contributed by atoms with van der Waals surface area (Å²) in [5, 5.41) is 5.62. The lowest BCUT2D eigenvalue weighted by Gasteiger charge is -2.44. The second-order valence-corrected chi connectivity index (χ2v) is 9.20. The van der Waals surface area contributed by atoms with Crippen molar-refractivity contribution in [3.05, 3.63) is 34.9 Å². The molecule has 1 saturated heterocycles. The van der Waals surface area contributed by atoms with E-state index in [0.29, 0.717) is 5.02 Å². The molecule has 0 unspecified atom stereocenters. The van der Waals surface area contributed by atoms with Crippen LogP contribution in [0, 0.1) is 0 Å². The molecule has 1 aromatic carbocycles. The summed E-state index contributed by atoms with van der Waals surface area (Å²) in [6, 6.07) is 7.04. The number of nitrogens with one attached hydrogen (secondary N) is 2. The minimum atomic E-state index is -3.65. The Hall–Kier alpha value is -2.17. The minimum Gasteiger partial charge on any atom is -0.350 e. The van der Waals surface area contributed by atoms with E-state index >= 15 is 0 Å². The molecule has 1 aliphatic rings. The molecule has 154 valence electrons. The zero-order valence-electron chi connectivity index (χ0n) is 15.9. The summed E-state index contributed by atoms with van der Waals surface area (Å²) in [5.74, 6) is -1.57. The summed E-state index contributed by atoms with van der Waals surface area (Å²) < 4.78 is 24.6. The van der Waals surface area contributed by atoms with E-state index in [4.69, 9.17) is 11.6 Å². The number of hydrogen-bond acceptors (Lipinski definition) is 5. The van der Waals surface area contributed by atoms with Crippen molar-refractivity contribution in [3.8, 4) is 0 Å². The van der Waals surface area contributed by atoms with E-state index in [1.54, 1.807) is 24.3 Å². The van der Waals surface area contributed by atoms with Crippen LogP contribution in [0.4, 0.5) is 0 Å². The molecule has 3 amide bonds. The first-order chi connectivity index (χ1) is 12.9. The molecule has 1 aromatic rings. The lowest BCUT2D eigenvalue weighted by molar-refractivity contribution is -0.150. The van der Waals surface area contributed by atoms with Gasteiger partial charge in [-0.1, -0.05) is 29.8 Å². The average Bonchev–Trinajstić information content (AvgIpc) is 2.62.